The zero-order chi connectivity index (χ0) is 14.5. The first kappa shape index (κ1) is 15.0. The van der Waals surface area contributed by atoms with E-state index in [-0.39, 0.29) is 6.61 Å². The van der Waals surface area contributed by atoms with Crippen LogP contribution in [0.1, 0.15) is 11.1 Å². The molecular formula is C14H11Cl3N2O. The Hall–Kier alpha value is -1.42. The van der Waals surface area contributed by atoms with E-state index in [0.717, 1.165) is 5.56 Å². The fourth-order valence-corrected chi connectivity index (χ4v) is 2.34. The van der Waals surface area contributed by atoms with E-state index in [9.17, 15) is 0 Å². The van der Waals surface area contributed by atoms with E-state index >= 15 is 0 Å². The molecule has 0 spiro atoms. The monoisotopic (exact) mass is 328 g/mol. The maximum atomic E-state index is 6.09. The summed E-state index contributed by atoms with van der Waals surface area (Å²) < 4.78 is 5.72. The van der Waals surface area contributed by atoms with Crippen LogP contribution in [0.25, 0.3) is 0 Å². The third-order valence-corrected chi connectivity index (χ3v) is 3.56. The second-order valence-electron chi connectivity index (χ2n) is 3.95. The molecule has 0 bridgehead atoms. The van der Waals surface area contributed by atoms with Crippen LogP contribution in [0.3, 0.4) is 0 Å². The van der Waals surface area contributed by atoms with Gasteiger partial charge in [-0.05, 0) is 30.3 Å². The summed E-state index contributed by atoms with van der Waals surface area (Å²) in [6, 6.07) is 10.5. The van der Waals surface area contributed by atoms with Gasteiger partial charge in [0.2, 0.25) is 0 Å². The minimum Gasteiger partial charge on any atom is -0.488 e. The van der Waals surface area contributed by atoms with E-state index < -0.39 is 0 Å². The van der Waals surface area contributed by atoms with Gasteiger partial charge in [-0.25, -0.2) is 0 Å². The number of nitrogens with two attached hydrogens (primary N) is 1. The highest BCUT2D eigenvalue weighted by Gasteiger charge is 2.08. The van der Waals surface area contributed by atoms with Crippen molar-refractivity contribution in [2.45, 2.75) is 6.61 Å². The molecule has 2 aromatic rings. The van der Waals surface area contributed by atoms with Crippen molar-refractivity contribution in [3.8, 4) is 5.75 Å². The molecule has 0 aliphatic carbocycles. The lowest BCUT2D eigenvalue weighted by molar-refractivity contribution is 0.306. The highest BCUT2D eigenvalue weighted by Crippen LogP contribution is 2.27. The minimum absolute atomic E-state index is 0.242. The Morgan fingerprint density at radius 1 is 1.10 bits per heavy atom. The fraction of sp³-hybridized carbons (Fsp3) is 0.0714. The summed E-state index contributed by atoms with van der Waals surface area (Å²) in [7, 11) is 0. The van der Waals surface area contributed by atoms with Crippen LogP contribution >= 0.6 is 34.8 Å². The predicted octanol–water partition coefficient (Wildman–Crippen LogP) is 4.52. The molecule has 0 unspecified atom stereocenters. The van der Waals surface area contributed by atoms with Gasteiger partial charge in [0.15, 0.2) is 0 Å². The Labute approximate surface area is 131 Å². The molecule has 0 aliphatic rings. The molecular weight excluding hydrogens is 319 g/mol. The van der Waals surface area contributed by atoms with Gasteiger partial charge in [-0.2, -0.15) is 5.10 Å². The van der Waals surface area contributed by atoms with Gasteiger partial charge in [0, 0.05) is 26.2 Å². The van der Waals surface area contributed by atoms with Crippen LogP contribution in [0.2, 0.25) is 15.1 Å². The highest BCUT2D eigenvalue weighted by atomic mass is 35.5. The first-order valence-electron chi connectivity index (χ1n) is 5.70. The lowest BCUT2D eigenvalue weighted by atomic mass is 10.2. The molecule has 0 fully saturated rings. The van der Waals surface area contributed by atoms with E-state index in [2.05, 4.69) is 5.10 Å². The number of benzene rings is 2. The zero-order valence-corrected chi connectivity index (χ0v) is 12.6. The largest absolute Gasteiger partial charge is 0.488 e. The Morgan fingerprint density at radius 2 is 1.80 bits per heavy atom. The topological polar surface area (TPSA) is 47.6 Å². The fourth-order valence-electron chi connectivity index (χ4n) is 1.65. The lowest BCUT2D eigenvalue weighted by Gasteiger charge is -2.11. The van der Waals surface area contributed by atoms with Gasteiger partial charge in [-0.1, -0.05) is 40.9 Å². The SMILES string of the molecule is NN=Cc1cc(Cl)ccc1OCc1c(Cl)cccc1Cl. The van der Waals surface area contributed by atoms with Crippen molar-refractivity contribution in [2.75, 3.05) is 0 Å². The molecule has 0 amide bonds. The number of hydrazone groups is 1. The van der Waals surface area contributed by atoms with Gasteiger partial charge < -0.3 is 10.6 Å². The molecule has 3 nitrogen and oxygen atoms in total. The van der Waals surface area contributed by atoms with Gasteiger partial charge in [-0.3, -0.25) is 0 Å². The van der Waals surface area contributed by atoms with Gasteiger partial charge in [0.1, 0.15) is 12.4 Å². The van der Waals surface area contributed by atoms with Crippen LogP contribution in [-0.4, -0.2) is 6.21 Å². The Balaban J connectivity index is 2.23. The summed E-state index contributed by atoms with van der Waals surface area (Å²) in [4.78, 5) is 0. The predicted molar refractivity (Wildman–Crippen MR) is 84.0 cm³/mol. The van der Waals surface area contributed by atoms with Gasteiger partial charge >= 0.3 is 0 Å². The zero-order valence-electron chi connectivity index (χ0n) is 10.3. The Kier molecular flexibility index (Phi) is 5.12. The average molecular weight is 330 g/mol. The standard InChI is InChI=1S/C14H11Cl3N2O/c15-10-4-5-14(9(6-10)7-19-18)20-8-11-12(16)2-1-3-13(11)17/h1-7H,8,18H2. The molecule has 0 saturated carbocycles. The molecule has 0 heterocycles. The molecule has 0 saturated heterocycles. The highest BCUT2D eigenvalue weighted by molar-refractivity contribution is 6.36. The van der Waals surface area contributed by atoms with Gasteiger partial charge in [0.05, 0.1) is 6.21 Å². The van der Waals surface area contributed by atoms with E-state index in [1.54, 1.807) is 36.4 Å². The van der Waals surface area contributed by atoms with Crippen LogP contribution in [0.4, 0.5) is 0 Å². The van der Waals surface area contributed by atoms with Crippen molar-refractivity contribution in [1.82, 2.24) is 0 Å². The summed E-state index contributed by atoms with van der Waals surface area (Å²) in [6.07, 6.45) is 1.47. The van der Waals surface area contributed by atoms with Gasteiger partial charge in [-0.15, -0.1) is 0 Å². The number of rotatable bonds is 4. The van der Waals surface area contributed by atoms with E-state index in [1.807, 2.05) is 0 Å². The molecule has 0 radical (unpaired) electrons. The summed E-state index contributed by atoms with van der Waals surface area (Å²) in [5.41, 5.74) is 1.41. The number of hydrogen-bond donors (Lipinski definition) is 1. The molecule has 2 N–H and O–H groups in total. The van der Waals surface area contributed by atoms with Gasteiger partial charge in [0.25, 0.3) is 0 Å². The van der Waals surface area contributed by atoms with Crippen LogP contribution in [0, 0.1) is 0 Å². The van der Waals surface area contributed by atoms with E-state index in [4.69, 9.17) is 45.4 Å². The minimum atomic E-state index is 0.242. The molecule has 0 aromatic heterocycles. The smallest absolute Gasteiger partial charge is 0.128 e. The third-order valence-electron chi connectivity index (χ3n) is 2.62. The summed E-state index contributed by atoms with van der Waals surface area (Å²) in [5, 5.41) is 5.17. The first-order valence-corrected chi connectivity index (χ1v) is 6.83. The van der Waals surface area contributed by atoms with Crippen molar-refractivity contribution in [1.29, 1.82) is 0 Å². The number of hydrogen-bond acceptors (Lipinski definition) is 3. The lowest BCUT2D eigenvalue weighted by Crippen LogP contribution is -2.00. The summed E-state index contributed by atoms with van der Waals surface area (Å²) in [6.45, 7) is 0.242. The maximum Gasteiger partial charge on any atom is 0.128 e. The molecule has 104 valence electrons. The molecule has 0 atom stereocenters. The van der Waals surface area contributed by atoms with Crippen molar-refractivity contribution in [2.24, 2.45) is 10.9 Å². The molecule has 2 rings (SSSR count). The Morgan fingerprint density at radius 3 is 2.45 bits per heavy atom. The summed E-state index contributed by atoms with van der Waals surface area (Å²) in [5.74, 6) is 5.76. The van der Waals surface area contributed by atoms with Crippen molar-refractivity contribution in [3.63, 3.8) is 0 Å². The first-order chi connectivity index (χ1) is 9.61. The Bertz CT molecular complexity index is 624. The van der Waals surface area contributed by atoms with Crippen molar-refractivity contribution in [3.05, 3.63) is 62.6 Å². The van der Waals surface area contributed by atoms with Crippen molar-refractivity contribution < 1.29 is 4.74 Å². The molecule has 6 heteroatoms. The summed E-state index contributed by atoms with van der Waals surface area (Å²) >= 11 is 18.1. The molecule has 20 heavy (non-hydrogen) atoms. The second-order valence-corrected chi connectivity index (χ2v) is 5.20. The van der Waals surface area contributed by atoms with E-state index in [1.165, 1.54) is 6.21 Å². The van der Waals surface area contributed by atoms with Crippen LogP contribution in [0.5, 0.6) is 5.75 Å². The number of nitrogens with zero attached hydrogens (tertiary/aromatic N) is 1. The van der Waals surface area contributed by atoms with Crippen molar-refractivity contribution >= 4 is 41.0 Å². The number of ether oxygens (including phenoxy) is 1. The van der Waals surface area contributed by atoms with Crippen LogP contribution in [-0.2, 0) is 6.61 Å². The normalized spacial score (nSPS) is 10.9. The average Bonchev–Trinajstić information content (AvgIpc) is 2.40. The van der Waals surface area contributed by atoms with E-state index in [0.29, 0.717) is 26.4 Å². The van der Waals surface area contributed by atoms with Crippen LogP contribution in [0.15, 0.2) is 41.5 Å². The molecule has 2 aromatic carbocycles. The number of halogens is 3. The molecule has 0 aliphatic heterocycles. The maximum absolute atomic E-state index is 6.09. The quantitative estimate of drug-likeness (QED) is 0.509. The third kappa shape index (κ3) is 3.57. The van der Waals surface area contributed by atoms with Crippen LogP contribution < -0.4 is 10.6 Å². The second kappa shape index (κ2) is 6.84.